The second-order valence-corrected chi connectivity index (χ2v) is 10.1. The number of benzene rings is 3. The van der Waals surface area contributed by atoms with E-state index >= 15 is 0 Å². The molecule has 0 saturated heterocycles. The zero-order valence-electron chi connectivity index (χ0n) is 20.5. The van der Waals surface area contributed by atoms with Crippen molar-refractivity contribution >= 4 is 52.2 Å². The molecule has 2 heterocycles. The lowest BCUT2D eigenvalue weighted by atomic mass is 10.0. The first kappa shape index (κ1) is 25.9. The maximum absolute atomic E-state index is 13.2. The van der Waals surface area contributed by atoms with E-state index in [1.165, 1.54) is 0 Å². The summed E-state index contributed by atoms with van der Waals surface area (Å²) in [6.45, 7) is 5.50. The molecule has 0 bridgehead atoms. The average Bonchev–Trinajstić information content (AvgIpc) is 3.05. The highest BCUT2D eigenvalue weighted by atomic mass is 35.5. The minimum absolute atomic E-state index is 0.175. The van der Waals surface area contributed by atoms with Crippen LogP contribution in [0.5, 0.6) is 0 Å². The number of aliphatic imine (C=N–C) groups is 1. The lowest BCUT2D eigenvalue weighted by Crippen LogP contribution is -2.58. The van der Waals surface area contributed by atoms with Gasteiger partial charge in [-0.05, 0) is 49.4 Å². The summed E-state index contributed by atoms with van der Waals surface area (Å²) in [6.07, 6.45) is 1.65. The molecule has 0 radical (unpaired) electrons. The Balaban J connectivity index is 1.41. The van der Waals surface area contributed by atoms with Crippen molar-refractivity contribution in [3.63, 3.8) is 0 Å². The molecular formula is C29H24Cl2N4O3. The zero-order valence-corrected chi connectivity index (χ0v) is 22.0. The number of rotatable bonds is 7. The molecule has 0 fully saturated rings. The van der Waals surface area contributed by atoms with Gasteiger partial charge in [-0.25, -0.2) is 0 Å². The van der Waals surface area contributed by atoms with Gasteiger partial charge >= 0.3 is 0 Å². The molecule has 2 aliphatic rings. The lowest BCUT2D eigenvalue weighted by Gasteiger charge is -2.34. The predicted molar refractivity (Wildman–Crippen MR) is 149 cm³/mol. The number of imide groups is 1. The topological polar surface area (TPSA) is 90.9 Å². The third-order valence-corrected chi connectivity index (χ3v) is 7.27. The number of carbonyl (C=O) groups excluding carboxylic acids is 3. The molecule has 9 heteroatoms. The number of hydrogen-bond acceptors (Lipinski definition) is 6. The van der Waals surface area contributed by atoms with Crippen molar-refractivity contribution in [1.82, 2.24) is 10.2 Å². The number of fused-ring (bicyclic) bond motifs is 2. The van der Waals surface area contributed by atoms with Gasteiger partial charge in [-0.2, -0.15) is 0 Å². The number of ketones is 1. The van der Waals surface area contributed by atoms with Gasteiger partial charge in [-0.1, -0.05) is 60.1 Å². The number of anilines is 1. The van der Waals surface area contributed by atoms with Crippen molar-refractivity contribution in [2.24, 2.45) is 4.99 Å². The molecular weight excluding hydrogens is 523 g/mol. The predicted octanol–water partition coefficient (Wildman–Crippen LogP) is 4.98. The van der Waals surface area contributed by atoms with E-state index in [-0.39, 0.29) is 18.9 Å². The summed E-state index contributed by atoms with van der Waals surface area (Å²) in [4.78, 5) is 44.6. The Morgan fingerprint density at radius 2 is 1.68 bits per heavy atom. The largest absolute Gasteiger partial charge is 0.362 e. The van der Waals surface area contributed by atoms with Crippen LogP contribution in [0.2, 0.25) is 10.0 Å². The number of nitrogens with one attached hydrogen (secondary N) is 2. The van der Waals surface area contributed by atoms with Crippen LogP contribution < -0.4 is 10.6 Å². The van der Waals surface area contributed by atoms with Crippen LogP contribution >= 0.6 is 23.2 Å². The first-order chi connectivity index (χ1) is 18.2. The van der Waals surface area contributed by atoms with Crippen molar-refractivity contribution in [3.8, 4) is 0 Å². The van der Waals surface area contributed by atoms with Gasteiger partial charge in [0.05, 0.1) is 36.0 Å². The fraction of sp³-hybridized carbons (Fsp3) is 0.172. The van der Waals surface area contributed by atoms with Crippen molar-refractivity contribution in [3.05, 3.63) is 112 Å². The smallest absolute Gasteiger partial charge is 0.261 e. The van der Waals surface area contributed by atoms with E-state index in [1.807, 2.05) is 30.3 Å². The Labute approximate surface area is 230 Å². The highest BCUT2D eigenvalue weighted by Gasteiger charge is 2.39. The molecule has 7 nitrogen and oxygen atoms in total. The number of benzodiazepines with no additional fused rings is 1. The van der Waals surface area contributed by atoms with E-state index in [9.17, 15) is 14.4 Å². The summed E-state index contributed by atoms with van der Waals surface area (Å²) in [6, 6.07) is 18.6. The van der Waals surface area contributed by atoms with E-state index in [4.69, 9.17) is 28.2 Å². The van der Waals surface area contributed by atoms with Gasteiger partial charge in [0.1, 0.15) is 5.66 Å². The second-order valence-electron chi connectivity index (χ2n) is 9.21. The third-order valence-electron chi connectivity index (χ3n) is 6.71. The Bertz CT molecular complexity index is 1480. The quantitative estimate of drug-likeness (QED) is 0.322. The molecule has 2 atom stereocenters. The standard InChI is InChI=1S/C29H24Cl2N4O3/c1-3-29(33-17(2)25(36)15-35-27(37)19-8-4-5-9-20(19)28(35)38)16-32-26(21-10-6-7-11-23(21)31)22-14-18(30)12-13-24(22)34-29/h3-14,17,33-34H,1,15-16H2,2H3. The molecule has 3 aromatic rings. The number of carbonyl (C=O) groups is 3. The van der Waals surface area contributed by atoms with Crippen LogP contribution in [-0.2, 0) is 4.79 Å². The molecule has 0 spiro atoms. The van der Waals surface area contributed by atoms with Crippen molar-refractivity contribution in [2.45, 2.75) is 18.6 Å². The maximum Gasteiger partial charge on any atom is 0.261 e. The van der Waals surface area contributed by atoms with Gasteiger partial charge in [-0.3, -0.25) is 29.6 Å². The van der Waals surface area contributed by atoms with Gasteiger partial charge in [-0.15, -0.1) is 0 Å². The summed E-state index contributed by atoms with van der Waals surface area (Å²) in [5, 5.41) is 7.80. The molecule has 0 aromatic heterocycles. The van der Waals surface area contributed by atoms with E-state index in [1.54, 1.807) is 49.4 Å². The summed E-state index contributed by atoms with van der Waals surface area (Å²) in [5.74, 6) is -1.28. The molecule has 5 rings (SSSR count). The van der Waals surface area contributed by atoms with E-state index < -0.39 is 23.5 Å². The van der Waals surface area contributed by atoms with Crippen molar-refractivity contribution in [2.75, 3.05) is 18.4 Å². The Hall–Kier alpha value is -3.78. The molecule has 192 valence electrons. The molecule has 0 aliphatic carbocycles. The highest BCUT2D eigenvalue weighted by Crippen LogP contribution is 2.32. The maximum atomic E-state index is 13.2. The van der Waals surface area contributed by atoms with Crippen LogP contribution in [0.4, 0.5) is 5.69 Å². The summed E-state index contributed by atoms with van der Waals surface area (Å²) in [5.41, 5.74) is 2.44. The third kappa shape index (κ3) is 4.65. The number of nitrogens with zero attached hydrogens (tertiary/aromatic N) is 2. The molecule has 38 heavy (non-hydrogen) atoms. The molecule has 2 N–H and O–H groups in total. The number of Topliss-reactive ketones (excluding diaryl/α,β-unsaturated/α-hetero) is 1. The van der Waals surface area contributed by atoms with E-state index in [2.05, 4.69) is 17.2 Å². The van der Waals surface area contributed by atoms with Gasteiger partial charge in [0, 0.05) is 26.9 Å². The van der Waals surface area contributed by atoms with Gasteiger partial charge in [0.2, 0.25) is 0 Å². The lowest BCUT2D eigenvalue weighted by molar-refractivity contribution is -0.121. The second kappa shape index (κ2) is 10.2. The van der Waals surface area contributed by atoms with Crippen LogP contribution in [0.15, 0.2) is 84.4 Å². The molecule has 2 unspecified atom stereocenters. The van der Waals surface area contributed by atoms with Gasteiger partial charge in [0.25, 0.3) is 11.8 Å². The summed E-state index contributed by atoms with van der Waals surface area (Å²) >= 11 is 12.8. The molecule has 2 aliphatic heterocycles. The first-order valence-electron chi connectivity index (χ1n) is 12.0. The minimum Gasteiger partial charge on any atom is -0.362 e. The fourth-order valence-electron chi connectivity index (χ4n) is 4.67. The summed E-state index contributed by atoms with van der Waals surface area (Å²) < 4.78 is 0. The number of hydrogen-bond donors (Lipinski definition) is 2. The van der Waals surface area contributed by atoms with E-state index in [0.717, 1.165) is 21.7 Å². The normalized spacial score (nSPS) is 19.1. The zero-order chi connectivity index (χ0) is 27.0. The van der Waals surface area contributed by atoms with Crippen LogP contribution in [0.1, 0.15) is 38.8 Å². The van der Waals surface area contributed by atoms with Crippen molar-refractivity contribution in [1.29, 1.82) is 0 Å². The number of halogens is 2. The first-order valence-corrected chi connectivity index (χ1v) is 12.8. The average molecular weight is 547 g/mol. The van der Waals surface area contributed by atoms with Crippen LogP contribution in [-0.4, -0.2) is 53.0 Å². The van der Waals surface area contributed by atoms with Crippen LogP contribution in [0.3, 0.4) is 0 Å². The minimum atomic E-state index is -1.03. The molecule has 2 amide bonds. The Kier molecular flexibility index (Phi) is 6.92. The SMILES string of the molecule is C=CC1(NC(C)C(=O)CN2C(=O)c3ccccc3C2=O)CN=C(c2ccccc2Cl)c2cc(Cl)ccc2N1. The van der Waals surface area contributed by atoms with Crippen molar-refractivity contribution < 1.29 is 14.4 Å². The molecule has 3 aromatic carbocycles. The van der Waals surface area contributed by atoms with Crippen LogP contribution in [0, 0.1) is 0 Å². The Morgan fingerprint density at radius 3 is 2.32 bits per heavy atom. The molecule has 0 saturated carbocycles. The van der Waals surface area contributed by atoms with E-state index in [0.29, 0.717) is 26.9 Å². The van der Waals surface area contributed by atoms with Gasteiger partial charge in [0.15, 0.2) is 5.78 Å². The fourth-order valence-corrected chi connectivity index (χ4v) is 5.07. The Morgan fingerprint density at radius 1 is 1.05 bits per heavy atom. The van der Waals surface area contributed by atoms with Gasteiger partial charge < -0.3 is 5.32 Å². The summed E-state index contributed by atoms with van der Waals surface area (Å²) in [7, 11) is 0. The number of amides is 2. The monoisotopic (exact) mass is 546 g/mol. The highest BCUT2D eigenvalue weighted by molar-refractivity contribution is 6.36. The van der Waals surface area contributed by atoms with Crippen LogP contribution in [0.25, 0.3) is 0 Å².